The van der Waals surface area contributed by atoms with Gasteiger partial charge in [0, 0.05) is 29.2 Å². The molecule has 1 heterocycles. The Balaban J connectivity index is 2.06. The minimum absolute atomic E-state index is 0.671. The summed E-state index contributed by atoms with van der Waals surface area (Å²) in [5, 5.41) is 0. The summed E-state index contributed by atoms with van der Waals surface area (Å²) < 4.78 is 2.00. The first kappa shape index (κ1) is 11.4. The number of carbonyl (C=O) groups is 1. The maximum atomic E-state index is 10.7. The molecule has 0 radical (unpaired) electrons. The van der Waals surface area contributed by atoms with Crippen molar-refractivity contribution in [1.29, 1.82) is 0 Å². The standard InChI is InChI=1S/C16H12N2O/c19-12-13-6-8-15(9-7-13)18-11-10-17-16(18)14-4-2-1-3-5-14/h1-12H. The maximum absolute atomic E-state index is 10.7. The molecule has 3 rings (SSSR count). The van der Waals surface area contributed by atoms with E-state index < -0.39 is 0 Å². The van der Waals surface area contributed by atoms with Crippen LogP contribution < -0.4 is 0 Å². The average molecular weight is 248 g/mol. The largest absolute Gasteiger partial charge is 0.300 e. The van der Waals surface area contributed by atoms with Gasteiger partial charge < -0.3 is 0 Å². The highest BCUT2D eigenvalue weighted by molar-refractivity contribution is 5.75. The Kier molecular flexibility index (Phi) is 2.94. The molecule has 0 aliphatic rings. The quantitative estimate of drug-likeness (QED) is 0.666. The van der Waals surface area contributed by atoms with Gasteiger partial charge in [-0.3, -0.25) is 9.36 Å². The number of nitrogens with zero attached hydrogens (tertiary/aromatic N) is 2. The second-order valence-corrected chi connectivity index (χ2v) is 4.20. The first-order chi connectivity index (χ1) is 9.38. The summed E-state index contributed by atoms with van der Waals surface area (Å²) in [7, 11) is 0. The van der Waals surface area contributed by atoms with Crippen LogP contribution in [0.15, 0.2) is 67.0 Å². The van der Waals surface area contributed by atoms with E-state index in [-0.39, 0.29) is 0 Å². The van der Waals surface area contributed by atoms with E-state index in [0.29, 0.717) is 5.56 Å². The molecular formula is C16H12N2O. The van der Waals surface area contributed by atoms with Gasteiger partial charge in [-0.05, 0) is 24.3 Å². The van der Waals surface area contributed by atoms with E-state index in [4.69, 9.17) is 0 Å². The van der Waals surface area contributed by atoms with Gasteiger partial charge in [-0.2, -0.15) is 0 Å². The topological polar surface area (TPSA) is 34.9 Å². The Morgan fingerprint density at radius 2 is 1.68 bits per heavy atom. The van der Waals surface area contributed by atoms with E-state index >= 15 is 0 Å². The van der Waals surface area contributed by atoms with Gasteiger partial charge in [0.1, 0.15) is 12.1 Å². The summed E-state index contributed by atoms with van der Waals surface area (Å²) in [6.45, 7) is 0. The van der Waals surface area contributed by atoms with Crippen molar-refractivity contribution in [2.24, 2.45) is 0 Å². The Hall–Kier alpha value is -2.68. The van der Waals surface area contributed by atoms with E-state index in [2.05, 4.69) is 4.98 Å². The van der Waals surface area contributed by atoms with E-state index in [1.807, 2.05) is 53.2 Å². The minimum atomic E-state index is 0.671. The number of aromatic nitrogens is 2. The molecule has 0 amide bonds. The molecule has 92 valence electrons. The molecule has 0 saturated carbocycles. The van der Waals surface area contributed by atoms with E-state index in [1.165, 1.54) is 0 Å². The van der Waals surface area contributed by atoms with Crippen molar-refractivity contribution < 1.29 is 4.79 Å². The van der Waals surface area contributed by atoms with E-state index in [0.717, 1.165) is 23.4 Å². The predicted molar refractivity (Wildman–Crippen MR) is 74.4 cm³/mol. The van der Waals surface area contributed by atoms with Crippen molar-refractivity contribution in [2.75, 3.05) is 0 Å². The smallest absolute Gasteiger partial charge is 0.150 e. The number of carbonyl (C=O) groups excluding carboxylic acids is 1. The highest BCUT2D eigenvalue weighted by Crippen LogP contribution is 2.21. The lowest BCUT2D eigenvalue weighted by atomic mass is 10.2. The molecule has 0 bridgehead atoms. The third kappa shape index (κ3) is 2.18. The van der Waals surface area contributed by atoms with Crippen molar-refractivity contribution in [2.45, 2.75) is 0 Å². The van der Waals surface area contributed by atoms with Crippen molar-refractivity contribution in [3.8, 4) is 17.1 Å². The molecule has 0 spiro atoms. The average Bonchev–Trinajstić information content (AvgIpc) is 2.98. The summed E-state index contributed by atoms with van der Waals surface area (Å²) in [5.41, 5.74) is 2.72. The number of imidazole rings is 1. The summed E-state index contributed by atoms with van der Waals surface area (Å²) in [6, 6.07) is 17.4. The molecule has 3 nitrogen and oxygen atoms in total. The normalized spacial score (nSPS) is 10.3. The Morgan fingerprint density at radius 3 is 2.37 bits per heavy atom. The first-order valence-corrected chi connectivity index (χ1v) is 6.03. The lowest BCUT2D eigenvalue weighted by molar-refractivity contribution is 0.112. The zero-order chi connectivity index (χ0) is 13.1. The Morgan fingerprint density at radius 1 is 0.947 bits per heavy atom. The molecular weight excluding hydrogens is 236 g/mol. The summed E-state index contributed by atoms with van der Waals surface area (Å²) in [6.07, 6.45) is 4.53. The summed E-state index contributed by atoms with van der Waals surface area (Å²) >= 11 is 0. The fraction of sp³-hybridized carbons (Fsp3) is 0. The van der Waals surface area contributed by atoms with Crippen LogP contribution in [0.5, 0.6) is 0 Å². The third-order valence-corrected chi connectivity index (χ3v) is 2.98. The van der Waals surface area contributed by atoms with Crippen molar-refractivity contribution in [1.82, 2.24) is 9.55 Å². The number of benzene rings is 2. The third-order valence-electron chi connectivity index (χ3n) is 2.98. The molecule has 3 heteroatoms. The van der Waals surface area contributed by atoms with Crippen LogP contribution in [-0.4, -0.2) is 15.8 Å². The van der Waals surface area contributed by atoms with Crippen molar-refractivity contribution in [3.63, 3.8) is 0 Å². The van der Waals surface area contributed by atoms with Gasteiger partial charge in [-0.15, -0.1) is 0 Å². The summed E-state index contributed by atoms with van der Waals surface area (Å²) in [4.78, 5) is 15.1. The van der Waals surface area contributed by atoms with Gasteiger partial charge in [-0.1, -0.05) is 30.3 Å². The molecule has 0 aliphatic carbocycles. The van der Waals surface area contributed by atoms with Crippen LogP contribution in [0, 0.1) is 0 Å². The molecule has 0 fully saturated rings. The van der Waals surface area contributed by atoms with Gasteiger partial charge in [0.15, 0.2) is 0 Å². The zero-order valence-corrected chi connectivity index (χ0v) is 10.2. The van der Waals surface area contributed by atoms with Crippen molar-refractivity contribution >= 4 is 6.29 Å². The molecule has 0 saturated heterocycles. The van der Waals surface area contributed by atoms with E-state index in [1.54, 1.807) is 18.3 Å². The first-order valence-electron chi connectivity index (χ1n) is 6.03. The number of hydrogen-bond acceptors (Lipinski definition) is 2. The number of aldehydes is 1. The molecule has 0 atom stereocenters. The molecule has 2 aromatic carbocycles. The van der Waals surface area contributed by atoms with Crippen molar-refractivity contribution in [3.05, 3.63) is 72.6 Å². The molecule has 0 aliphatic heterocycles. The highest BCUT2D eigenvalue weighted by Gasteiger charge is 2.06. The van der Waals surface area contributed by atoms with Crippen LogP contribution >= 0.6 is 0 Å². The molecule has 19 heavy (non-hydrogen) atoms. The van der Waals surface area contributed by atoms with Crippen LogP contribution in [0.3, 0.4) is 0 Å². The minimum Gasteiger partial charge on any atom is -0.300 e. The molecule has 0 unspecified atom stereocenters. The number of rotatable bonds is 3. The van der Waals surface area contributed by atoms with Crippen LogP contribution in [0.4, 0.5) is 0 Å². The zero-order valence-electron chi connectivity index (χ0n) is 10.2. The SMILES string of the molecule is O=Cc1ccc(-n2ccnc2-c2ccccc2)cc1. The second-order valence-electron chi connectivity index (χ2n) is 4.20. The predicted octanol–water partition coefficient (Wildman–Crippen LogP) is 3.35. The molecule has 1 aromatic heterocycles. The van der Waals surface area contributed by atoms with E-state index in [9.17, 15) is 4.79 Å². The highest BCUT2D eigenvalue weighted by atomic mass is 16.1. The van der Waals surface area contributed by atoms with Crippen LogP contribution in [-0.2, 0) is 0 Å². The van der Waals surface area contributed by atoms with Crippen LogP contribution in [0.25, 0.3) is 17.1 Å². The second kappa shape index (κ2) is 4.90. The monoisotopic (exact) mass is 248 g/mol. The van der Waals surface area contributed by atoms with Gasteiger partial charge in [0.25, 0.3) is 0 Å². The lowest BCUT2D eigenvalue weighted by Gasteiger charge is -2.08. The maximum Gasteiger partial charge on any atom is 0.150 e. The van der Waals surface area contributed by atoms with Gasteiger partial charge >= 0.3 is 0 Å². The molecule has 3 aromatic rings. The van der Waals surface area contributed by atoms with Gasteiger partial charge in [0.2, 0.25) is 0 Å². The van der Waals surface area contributed by atoms with Crippen LogP contribution in [0.2, 0.25) is 0 Å². The van der Waals surface area contributed by atoms with Gasteiger partial charge in [0.05, 0.1) is 0 Å². The lowest BCUT2D eigenvalue weighted by Crippen LogP contribution is -1.96. The van der Waals surface area contributed by atoms with Crippen LogP contribution in [0.1, 0.15) is 10.4 Å². The fourth-order valence-corrected chi connectivity index (χ4v) is 2.03. The summed E-state index contributed by atoms with van der Waals surface area (Å²) in [5.74, 6) is 0.888. The number of hydrogen-bond donors (Lipinski definition) is 0. The fourth-order valence-electron chi connectivity index (χ4n) is 2.03. The Bertz CT molecular complexity index is 684. The van der Waals surface area contributed by atoms with Gasteiger partial charge in [-0.25, -0.2) is 4.98 Å². The Labute approximate surface area is 111 Å². The molecule has 0 N–H and O–H groups in total.